The molecule has 22 nitrogen and oxygen atoms in total. The van der Waals surface area contributed by atoms with Crippen LogP contribution in [0.25, 0.3) is 20.4 Å². The molecule has 7 aromatic rings. The molecule has 0 aliphatic heterocycles. The number of aliphatic hydroxyl groups excluding tert-OH is 1. The monoisotopic (exact) mass is 1020 g/mol. The highest BCUT2D eigenvalue weighted by molar-refractivity contribution is 7.99. The number of fused-ring (bicyclic) bond motifs is 2. The Kier molecular flexibility index (Phi) is 17.6. The molecule has 68 heavy (non-hydrogen) atoms. The summed E-state index contributed by atoms with van der Waals surface area (Å²) in [6.07, 6.45) is 0. The standard InChI is InChI=1S/C41H45N13O6S4.O3S/c1-7-53(8-2)31-20-27(29(22-33(31)59-5)49-51-40-44-25-13-11-12-14-35(25)62-40)42-37-46-38(48-39(47-37)61-18-17-55)43-28-21-32(54(9-3)10-4)34(60-6)23-30(28)50-52-41-45-26-16-15-24(64(56,57)58)19-36(26)63-41;1-4(2)3/h11-16,19-23,55H,7-10,17-18H2,1-6H3,(H,56,57,58)(H2,42,43,46,47,48);. The molecule has 0 unspecified atom stereocenters. The van der Waals surface area contributed by atoms with Crippen molar-refractivity contribution in [3.05, 3.63) is 66.7 Å². The maximum Gasteiger partial charge on any atom is 0.425 e. The second-order valence-electron chi connectivity index (χ2n) is 13.7. The third-order valence-corrected chi connectivity index (χ3v) is 13.1. The normalized spacial score (nSPS) is 11.5. The van der Waals surface area contributed by atoms with Crippen molar-refractivity contribution in [1.29, 1.82) is 0 Å². The molecule has 0 saturated heterocycles. The van der Waals surface area contributed by atoms with Gasteiger partial charge in [0.1, 0.15) is 22.9 Å². The van der Waals surface area contributed by atoms with Gasteiger partial charge in [0.25, 0.3) is 10.1 Å². The number of ether oxygens (including phenoxy) is 2. The maximum absolute atomic E-state index is 11.8. The Balaban J connectivity index is 0.00000183. The Labute approximate surface area is 404 Å². The fourth-order valence-corrected chi connectivity index (χ4v) is 9.30. The predicted octanol–water partition coefficient (Wildman–Crippen LogP) is 9.45. The number of methoxy groups -OCH3 is 2. The van der Waals surface area contributed by atoms with E-state index in [1.165, 1.54) is 41.3 Å². The van der Waals surface area contributed by atoms with E-state index in [4.69, 9.17) is 37.1 Å². The van der Waals surface area contributed by atoms with Crippen molar-refractivity contribution in [1.82, 2.24) is 24.9 Å². The fourth-order valence-electron chi connectivity index (χ4n) is 6.53. The molecule has 0 aliphatic rings. The zero-order valence-corrected chi connectivity index (χ0v) is 41.4. The van der Waals surface area contributed by atoms with Crippen molar-refractivity contribution in [2.75, 3.05) is 73.2 Å². The van der Waals surface area contributed by atoms with E-state index in [1.807, 2.05) is 50.2 Å². The summed E-state index contributed by atoms with van der Waals surface area (Å²) in [6, 6.07) is 19.2. The van der Waals surface area contributed by atoms with E-state index >= 15 is 0 Å². The SMILES string of the molecule is CCN(CC)c1cc(Nc2nc(Nc3cc(N(CC)CC)c(OC)cc3N=Nc3nc4ccc(S(=O)(=O)O)cc4s3)nc(SCCO)n2)c(N=Nc2nc3ccccc3s2)cc1OC.O=S(=O)=O. The molecule has 4 N–H and O–H groups in total. The highest BCUT2D eigenvalue weighted by atomic mass is 32.2. The molecular formula is C41H45N13O9S5. The van der Waals surface area contributed by atoms with Crippen LogP contribution < -0.4 is 29.9 Å². The number of benzene rings is 4. The Morgan fingerprint density at radius 3 is 1.62 bits per heavy atom. The number of anilines is 6. The lowest BCUT2D eigenvalue weighted by Crippen LogP contribution is -2.22. The van der Waals surface area contributed by atoms with Gasteiger partial charge < -0.3 is 35.0 Å². The second kappa shape index (κ2) is 23.5. The van der Waals surface area contributed by atoms with Crippen LogP contribution in [0, 0.1) is 0 Å². The van der Waals surface area contributed by atoms with Crippen molar-refractivity contribution in [2.24, 2.45) is 20.5 Å². The van der Waals surface area contributed by atoms with Crippen molar-refractivity contribution >= 4 is 132 Å². The Hall–Kier alpha value is -6.49. The lowest BCUT2D eigenvalue weighted by atomic mass is 10.2. The van der Waals surface area contributed by atoms with Gasteiger partial charge in [-0.1, -0.05) is 46.6 Å². The van der Waals surface area contributed by atoms with Gasteiger partial charge >= 0.3 is 10.6 Å². The molecule has 3 aromatic heterocycles. The van der Waals surface area contributed by atoms with Crippen LogP contribution in [-0.4, -0.2) is 108 Å². The molecule has 3 heterocycles. The van der Waals surface area contributed by atoms with Crippen molar-refractivity contribution in [2.45, 2.75) is 37.7 Å². The topological polar surface area (TPSA) is 289 Å². The Morgan fingerprint density at radius 1 is 0.676 bits per heavy atom. The lowest BCUT2D eigenvalue weighted by Gasteiger charge is -2.25. The smallest absolute Gasteiger partial charge is 0.425 e. The lowest BCUT2D eigenvalue weighted by molar-refractivity contribution is 0.322. The minimum Gasteiger partial charge on any atom is -0.494 e. The van der Waals surface area contributed by atoms with Gasteiger partial charge in [-0.3, -0.25) is 4.55 Å². The van der Waals surface area contributed by atoms with E-state index in [-0.39, 0.29) is 28.5 Å². The van der Waals surface area contributed by atoms with Crippen LogP contribution in [0.1, 0.15) is 27.7 Å². The molecule has 358 valence electrons. The summed E-state index contributed by atoms with van der Waals surface area (Å²) < 4.78 is 71.6. The van der Waals surface area contributed by atoms with Crippen LogP contribution in [0.3, 0.4) is 0 Å². The van der Waals surface area contributed by atoms with Crippen molar-refractivity contribution < 1.29 is 40.2 Å². The van der Waals surface area contributed by atoms with Gasteiger partial charge in [-0.05, 0) is 70.2 Å². The van der Waals surface area contributed by atoms with Gasteiger partial charge in [-0.25, -0.2) is 9.97 Å². The molecule has 0 spiro atoms. The van der Waals surface area contributed by atoms with Gasteiger partial charge in [0.15, 0.2) is 5.16 Å². The van der Waals surface area contributed by atoms with Crippen molar-refractivity contribution in [3.63, 3.8) is 0 Å². The predicted molar refractivity (Wildman–Crippen MR) is 264 cm³/mol. The van der Waals surface area contributed by atoms with E-state index < -0.39 is 20.7 Å². The average molecular weight is 1020 g/mol. The molecule has 0 atom stereocenters. The highest BCUT2D eigenvalue weighted by Crippen LogP contribution is 2.43. The minimum atomic E-state index is -4.41. The minimum absolute atomic E-state index is 0.108. The number of para-hydroxylation sites is 1. The third-order valence-electron chi connectivity index (χ3n) is 9.65. The highest BCUT2D eigenvalue weighted by Gasteiger charge is 2.20. The molecule has 0 amide bonds. The van der Waals surface area contributed by atoms with Crippen LogP contribution >= 0.6 is 34.4 Å². The molecule has 27 heteroatoms. The summed E-state index contributed by atoms with van der Waals surface area (Å²) in [6.45, 7) is 10.9. The van der Waals surface area contributed by atoms with Gasteiger partial charge in [0.05, 0.1) is 68.9 Å². The number of rotatable bonds is 20. The summed E-state index contributed by atoms with van der Waals surface area (Å²) in [5.41, 5.74) is 4.70. The zero-order chi connectivity index (χ0) is 49.0. The van der Waals surface area contributed by atoms with Crippen molar-refractivity contribution in [3.8, 4) is 11.5 Å². The first-order valence-corrected chi connectivity index (χ1v) is 25.6. The van der Waals surface area contributed by atoms with Crippen LogP contribution in [0.15, 0.2) is 97.2 Å². The number of aromatic nitrogens is 5. The van der Waals surface area contributed by atoms with Crippen LogP contribution in [0.4, 0.5) is 56.3 Å². The summed E-state index contributed by atoms with van der Waals surface area (Å²) in [5, 5.41) is 35.7. The molecule has 0 aliphatic carbocycles. The molecule has 7 rings (SSSR count). The summed E-state index contributed by atoms with van der Waals surface area (Å²) in [5.74, 6) is 1.78. The third kappa shape index (κ3) is 12.9. The molecule has 0 bridgehead atoms. The molecule has 4 aromatic carbocycles. The van der Waals surface area contributed by atoms with E-state index in [1.54, 1.807) is 26.4 Å². The first-order valence-electron chi connectivity index (χ1n) is 20.5. The number of aliphatic hydroxyl groups is 1. The van der Waals surface area contributed by atoms with Gasteiger partial charge in [0, 0.05) is 44.1 Å². The number of thioether (sulfide) groups is 1. The van der Waals surface area contributed by atoms with Gasteiger partial charge in [-0.15, -0.1) is 33.1 Å². The molecule has 0 radical (unpaired) electrons. The molecule has 0 saturated carbocycles. The quantitative estimate of drug-likeness (QED) is 0.0314. The summed E-state index contributed by atoms with van der Waals surface area (Å²) in [4.78, 5) is 27.4. The number of nitrogens with zero attached hydrogens (tertiary/aromatic N) is 11. The number of nitrogens with one attached hydrogen (secondary N) is 2. The van der Waals surface area contributed by atoms with Crippen LogP contribution in [0.2, 0.25) is 0 Å². The first-order chi connectivity index (χ1) is 32.7. The summed E-state index contributed by atoms with van der Waals surface area (Å²) in [7, 11) is -4.34. The molecule has 0 fully saturated rings. The maximum atomic E-state index is 11.8. The largest absolute Gasteiger partial charge is 0.494 e. The average Bonchev–Trinajstić information content (AvgIpc) is 3.94. The van der Waals surface area contributed by atoms with E-state index in [2.05, 4.69) is 64.7 Å². The number of thiazole rings is 2. The Bertz CT molecular complexity index is 3140. The Morgan fingerprint density at radius 2 is 1.16 bits per heavy atom. The summed E-state index contributed by atoms with van der Waals surface area (Å²) >= 11 is 3.77. The first kappa shape index (κ1) is 50.9. The van der Waals surface area contributed by atoms with E-state index in [0.29, 0.717) is 86.7 Å². The number of hydrogen-bond acceptors (Lipinski definition) is 24. The number of hydrogen-bond donors (Lipinski definition) is 4. The van der Waals surface area contributed by atoms with E-state index in [9.17, 15) is 18.1 Å². The fraction of sp³-hybridized carbons (Fsp3) is 0.293. The van der Waals surface area contributed by atoms with Gasteiger partial charge in [0.2, 0.25) is 22.2 Å². The van der Waals surface area contributed by atoms with E-state index in [0.717, 1.165) is 32.9 Å². The van der Waals surface area contributed by atoms with Crippen LogP contribution in [-0.2, 0) is 20.7 Å². The zero-order valence-electron chi connectivity index (χ0n) is 37.3. The van der Waals surface area contributed by atoms with Crippen LogP contribution in [0.5, 0.6) is 11.5 Å². The second-order valence-corrected chi connectivity index (χ2v) is 18.6. The van der Waals surface area contributed by atoms with Gasteiger partial charge in [-0.2, -0.15) is 23.4 Å². The molecular weight excluding hydrogens is 979 g/mol. The number of azo groups is 2.